The average Bonchev–Trinajstić information content (AvgIpc) is 3.41. The number of carbonyl (C=O) groups excluding carboxylic acids is 2. The molecule has 1 aliphatic rings. The summed E-state index contributed by atoms with van der Waals surface area (Å²) >= 11 is 6.08. The Morgan fingerprint density at radius 1 is 1.18 bits per heavy atom. The Hall–Kier alpha value is -3.51. The number of ether oxygens (including phenoxy) is 1. The number of benzene rings is 2. The third kappa shape index (κ3) is 4.21. The van der Waals surface area contributed by atoms with Crippen molar-refractivity contribution in [2.45, 2.75) is 39.3 Å². The second-order valence-electron chi connectivity index (χ2n) is 8.62. The zero-order valence-electron chi connectivity index (χ0n) is 19.5. The minimum Gasteiger partial charge on any atom is -0.507 e. The fourth-order valence-corrected chi connectivity index (χ4v) is 4.46. The van der Waals surface area contributed by atoms with Crippen LogP contribution in [0.5, 0.6) is 5.75 Å². The molecule has 1 aliphatic heterocycles. The number of aliphatic hydroxyl groups is 1. The number of Topliss-reactive ketones (excluding diaryl/α,β-unsaturated/α-hetero) is 1. The SMILES string of the molecule is COc1cc(C)c(/C(O)=C2\C(=O)C(=O)N(Cc3ccco3)C2c2ccc(Cl)cc2)cc1C(C)C. The number of nitrogens with zero attached hydrogens (tertiary/aromatic N) is 1. The summed E-state index contributed by atoms with van der Waals surface area (Å²) in [4.78, 5) is 27.8. The molecule has 6 nitrogen and oxygen atoms in total. The van der Waals surface area contributed by atoms with Crippen LogP contribution in [0.25, 0.3) is 5.76 Å². The number of likely N-dealkylation sites (tertiary alicyclic amines) is 1. The molecule has 0 bridgehead atoms. The van der Waals surface area contributed by atoms with Gasteiger partial charge in [-0.2, -0.15) is 0 Å². The number of furan rings is 1. The molecule has 1 saturated heterocycles. The molecule has 0 radical (unpaired) electrons. The van der Waals surface area contributed by atoms with E-state index in [0.29, 0.717) is 27.7 Å². The average molecular weight is 480 g/mol. The van der Waals surface area contributed by atoms with Gasteiger partial charge in [-0.15, -0.1) is 0 Å². The van der Waals surface area contributed by atoms with E-state index in [1.165, 1.54) is 11.2 Å². The van der Waals surface area contributed by atoms with Crippen molar-refractivity contribution in [3.63, 3.8) is 0 Å². The van der Waals surface area contributed by atoms with Crippen LogP contribution in [0, 0.1) is 6.92 Å². The fraction of sp³-hybridized carbons (Fsp3) is 0.259. The van der Waals surface area contributed by atoms with E-state index in [-0.39, 0.29) is 23.8 Å². The lowest BCUT2D eigenvalue weighted by Crippen LogP contribution is -2.29. The number of methoxy groups -OCH3 is 1. The number of ketones is 1. The fourth-order valence-electron chi connectivity index (χ4n) is 4.33. The molecule has 1 unspecified atom stereocenters. The van der Waals surface area contributed by atoms with Crippen LogP contribution in [0.3, 0.4) is 0 Å². The number of halogens is 1. The van der Waals surface area contributed by atoms with Gasteiger partial charge < -0.3 is 19.2 Å². The van der Waals surface area contributed by atoms with Gasteiger partial charge in [0.1, 0.15) is 17.3 Å². The maximum atomic E-state index is 13.3. The van der Waals surface area contributed by atoms with E-state index < -0.39 is 17.7 Å². The van der Waals surface area contributed by atoms with Crippen LogP contribution in [0.15, 0.2) is 64.8 Å². The van der Waals surface area contributed by atoms with Crippen molar-refractivity contribution in [1.29, 1.82) is 0 Å². The molecule has 176 valence electrons. The summed E-state index contributed by atoms with van der Waals surface area (Å²) < 4.78 is 10.9. The Labute approximate surface area is 203 Å². The first-order valence-corrected chi connectivity index (χ1v) is 11.4. The lowest BCUT2D eigenvalue weighted by Gasteiger charge is -2.25. The maximum Gasteiger partial charge on any atom is 0.296 e. The van der Waals surface area contributed by atoms with E-state index in [1.807, 2.05) is 32.9 Å². The van der Waals surface area contributed by atoms with E-state index in [0.717, 1.165) is 11.1 Å². The predicted octanol–water partition coefficient (Wildman–Crippen LogP) is 6.00. The van der Waals surface area contributed by atoms with E-state index in [2.05, 4.69) is 0 Å². The first-order chi connectivity index (χ1) is 16.2. The van der Waals surface area contributed by atoms with E-state index >= 15 is 0 Å². The zero-order chi connectivity index (χ0) is 24.6. The Morgan fingerprint density at radius 2 is 1.88 bits per heavy atom. The Balaban J connectivity index is 1.92. The molecule has 0 aliphatic carbocycles. The van der Waals surface area contributed by atoms with Crippen molar-refractivity contribution >= 4 is 29.1 Å². The van der Waals surface area contributed by atoms with Gasteiger partial charge in [0.2, 0.25) is 0 Å². The summed E-state index contributed by atoms with van der Waals surface area (Å²) in [6.07, 6.45) is 1.51. The largest absolute Gasteiger partial charge is 0.507 e. The summed E-state index contributed by atoms with van der Waals surface area (Å²) in [5.74, 6) is -0.309. The third-order valence-electron chi connectivity index (χ3n) is 6.09. The molecule has 2 heterocycles. The number of hydrogen-bond acceptors (Lipinski definition) is 5. The molecule has 1 N–H and O–H groups in total. The lowest BCUT2D eigenvalue weighted by molar-refractivity contribution is -0.140. The quantitative estimate of drug-likeness (QED) is 0.266. The molecule has 1 fully saturated rings. The molecule has 0 spiro atoms. The van der Waals surface area contributed by atoms with Crippen molar-refractivity contribution < 1.29 is 23.8 Å². The van der Waals surface area contributed by atoms with Gasteiger partial charge >= 0.3 is 0 Å². The molecule has 1 atom stereocenters. The highest BCUT2D eigenvalue weighted by Gasteiger charge is 2.46. The monoisotopic (exact) mass is 479 g/mol. The number of aliphatic hydroxyl groups excluding tert-OH is 1. The summed E-state index contributed by atoms with van der Waals surface area (Å²) in [6.45, 7) is 5.96. The molecule has 7 heteroatoms. The number of rotatable bonds is 6. The van der Waals surface area contributed by atoms with Gasteiger partial charge in [0.05, 0.1) is 31.5 Å². The normalized spacial score (nSPS) is 17.6. The predicted molar refractivity (Wildman–Crippen MR) is 130 cm³/mol. The molecular formula is C27H26ClNO5. The van der Waals surface area contributed by atoms with Crippen LogP contribution in [0.2, 0.25) is 5.02 Å². The number of amides is 1. The van der Waals surface area contributed by atoms with Crippen LogP contribution in [0.4, 0.5) is 0 Å². The van der Waals surface area contributed by atoms with Gasteiger partial charge in [-0.3, -0.25) is 9.59 Å². The minimum absolute atomic E-state index is 0.0295. The standard InChI is InChI=1S/C27H26ClNO5/c1-15(2)20-13-21(16(3)12-22(20)33-4)25(30)23-24(17-7-9-18(28)10-8-17)29(27(32)26(23)31)14-19-6-5-11-34-19/h5-13,15,24,30H,14H2,1-4H3/b25-23+. The molecule has 4 rings (SSSR count). The smallest absolute Gasteiger partial charge is 0.296 e. The van der Waals surface area contributed by atoms with Gasteiger partial charge in [0.15, 0.2) is 0 Å². The van der Waals surface area contributed by atoms with Gasteiger partial charge in [0.25, 0.3) is 11.7 Å². The number of carbonyl (C=O) groups is 2. The van der Waals surface area contributed by atoms with Crippen molar-refractivity contribution in [3.05, 3.63) is 93.4 Å². The molecule has 3 aromatic rings. The number of aryl methyl sites for hydroxylation is 1. The van der Waals surface area contributed by atoms with E-state index in [1.54, 1.807) is 43.5 Å². The topological polar surface area (TPSA) is 80.0 Å². The van der Waals surface area contributed by atoms with E-state index in [4.69, 9.17) is 20.8 Å². The molecule has 34 heavy (non-hydrogen) atoms. The van der Waals surface area contributed by atoms with Crippen molar-refractivity contribution in [3.8, 4) is 5.75 Å². The first kappa shape index (κ1) is 23.6. The summed E-state index contributed by atoms with van der Waals surface area (Å²) in [6, 6.07) is 13.2. The third-order valence-corrected chi connectivity index (χ3v) is 6.34. The van der Waals surface area contributed by atoms with Crippen molar-refractivity contribution in [2.24, 2.45) is 0 Å². The highest BCUT2D eigenvalue weighted by Crippen LogP contribution is 2.42. The van der Waals surface area contributed by atoms with Gasteiger partial charge in [-0.25, -0.2) is 0 Å². The summed E-state index contributed by atoms with van der Waals surface area (Å²) in [5.41, 5.74) is 2.79. The Kier molecular flexibility index (Phi) is 6.53. The highest BCUT2D eigenvalue weighted by atomic mass is 35.5. The summed E-state index contributed by atoms with van der Waals surface area (Å²) in [5, 5.41) is 12.0. The number of hydrogen-bond donors (Lipinski definition) is 1. The minimum atomic E-state index is -0.800. The molecule has 0 saturated carbocycles. The molecule has 2 aromatic carbocycles. The Bertz CT molecular complexity index is 1260. The van der Waals surface area contributed by atoms with Crippen LogP contribution in [0.1, 0.15) is 53.8 Å². The zero-order valence-corrected chi connectivity index (χ0v) is 20.2. The Morgan fingerprint density at radius 3 is 2.47 bits per heavy atom. The van der Waals surface area contributed by atoms with Crippen LogP contribution < -0.4 is 4.74 Å². The molecule has 1 amide bonds. The van der Waals surface area contributed by atoms with E-state index in [9.17, 15) is 14.7 Å². The summed E-state index contributed by atoms with van der Waals surface area (Å²) in [7, 11) is 1.60. The molecular weight excluding hydrogens is 454 g/mol. The highest BCUT2D eigenvalue weighted by molar-refractivity contribution is 6.46. The van der Waals surface area contributed by atoms with Gasteiger partial charge in [-0.05, 0) is 65.9 Å². The second-order valence-corrected chi connectivity index (χ2v) is 9.06. The molecule has 1 aromatic heterocycles. The second kappa shape index (κ2) is 9.39. The first-order valence-electron chi connectivity index (χ1n) is 11.0. The van der Waals surface area contributed by atoms with Crippen LogP contribution in [-0.2, 0) is 16.1 Å². The van der Waals surface area contributed by atoms with Crippen molar-refractivity contribution in [2.75, 3.05) is 7.11 Å². The van der Waals surface area contributed by atoms with Gasteiger partial charge in [-0.1, -0.05) is 37.6 Å². The van der Waals surface area contributed by atoms with Crippen LogP contribution >= 0.6 is 11.6 Å². The maximum absolute atomic E-state index is 13.3. The van der Waals surface area contributed by atoms with Crippen molar-refractivity contribution in [1.82, 2.24) is 4.90 Å². The van der Waals surface area contributed by atoms with Crippen LogP contribution in [-0.4, -0.2) is 28.8 Å². The lowest BCUT2D eigenvalue weighted by atomic mass is 9.91. The van der Waals surface area contributed by atoms with Gasteiger partial charge in [0, 0.05) is 10.6 Å².